The lowest BCUT2D eigenvalue weighted by Crippen LogP contribution is -2.41. The van der Waals surface area contributed by atoms with Crippen molar-refractivity contribution in [2.75, 3.05) is 24.6 Å². The van der Waals surface area contributed by atoms with Gasteiger partial charge in [0.25, 0.3) is 0 Å². The fraction of sp³-hybridized carbons (Fsp3) is 0.533. The Morgan fingerprint density at radius 3 is 2.78 bits per heavy atom. The Labute approximate surface area is 114 Å². The second-order valence-electron chi connectivity index (χ2n) is 5.00. The third kappa shape index (κ3) is 3.59. The Bertz CT molecular complexity index is 401. The van der Waals surface area contributed by atoms with Crippen LogP contribution in [0.15, 0.2) is 24.3 Å². The zero-order chi connectivity index (χ0) is 13.0. The van der Waals surface area contributed by atoms with Crippen LogP contribution in [-0.4, -0.2) is 41.3 Å². The van der Waals surface area contributed by atoms with Crippen molar-refractivity contribution < 1.29 is 4.79 Å². The highest BCUT2D eigenvalue weighted by Gasteiger charge is 2.19. The molecule has 0 aliphatic carbocycles. The third-order valence-corrected chi connectivity index (χ3v) is 4.69. The molecule has 1 saturated heterocycles. The van der Waals surface area contributed by atoms with Crippen LogP contribution in [-0.2, 0) is 0 Å². The van der Waals surface area contributed by atoms with Crippen LogP contribution in [0.25, 0.3) is 0 Å². The van der Waals surface area contributed by atoms with E-state index in [4.69, 9.17) is 0 Å². The van der Waals surface area contributed by atoms with Crippen molar-refractivity contribution in [3.05, 3.63) is 35.4 Å². The second-order valence-corrected chi connectivity index (χ2v) is 6.15. The Morgan fingerprint density at radius 1 is 1.39 bits per heavy atom. The number of ketones is 1. The van der Waals surface area contributed by atoms with Crippen LogP contribution in [0.5, 0.6) is 0 Å². The number of Topliss-reactive ketones (excluding diaryl/α,β-unsaturated/α-hetero) is 1. The minimum atomic E-state index is 0.264. The van der Waals surface area contributed by atoms with Gasteiger partial charge in [0.2, 0.25) is 0 Å². The first-order chi connectivity index (χ1) is 8.66. The molecule has 0 bridgehead atoms. The first kappa shape index (κ1) is 13.6. The number of benzene rings is 1. The molecule has 18 heavy (non-hydrogen) atoms. The number of nitrogens with zero attached hydrogens (tertiary/aromatic N) is 1. The lowest BCUT2D eigenvalue weighted by Gasteiger charge is -2.32. The van der Waals surface area contributed by atoms with Crippen molar-refractivity contribution in [2.45, 2.75) is 26.3 Å². The largest absolute Gasteiger partial charge is 0.299 e. The maximum absolute atomic E-state index is 12.1. The van der Waals surface area contributed by atoms with Gasteiger partial charge >= 0.3 is 0 Å². The monoisotopic (exact) mass is 263 g/mol. The van der Waals surface area contributed by atoms with Crippen LogP contribution in [0.3, 0.4) is 0 Å². The zero-order valence-corrected chi connectivity index (χ0v) is 12.0. The van der Waals surface area contributed by atoms with Crippen LogP contribution in [0.4, 0.5) is 0 Å². The topological polar surface area (TPSA) is 20.3 Å². The van der Waals surface area contributed by atoms with Crippen LogP contribution in [0, 0.1) is 6.92 Å². The van der Waals surface area contributed by atoms with Gasteiger partial charge < -0.3 is 0 Å². The van der Waals surface area contributed by atoms with Crippen molar-refractivity contribution in [1.29, 1.82) is 0 Å². The maximum atomic E-state index is 12.1. The predicted octanol–water partition coefficient (Wildman–Crippen LogP) is 3.01. The molecule has 1 aromatic rings. The van der Waals surface area contributed by atoms with E-state index in [1.807, 2.05) is 43.0 Å². The van der Waals surface area contributed by atoms with Crippen molar-refractivity contribution in [3.8, 4) is 0 Å². The number of carbonyl (C=O) groups excluding carboxylic acids is 1. The van der Waals surface area contributed by atoms with E-state index in [1.165, 1.54) is 17.1 Å². The van der Waals surface area contributed by atoms with E-state index in [0.29, 0.717) is 12.5 Å². The Morgan fingerprint density at radius 2 is 2.11 bits per heavy atom. The van der Waals surface area contributed by atoms with Gasteiger partial charge in [-0.1, -0.05) is 29.8 Å². The standard InChI is InChI=1S/C15H21NOS/c1-12-3-5-14(6-4-12)15(17)7-8-16-9-10-18-11-13(16)2/h3-6,13H,7-11H2,1-2H3. The lowest BCUT2D eigenvalue weighted by molar-refractivity contribution is 0.0957. The van der Waals surface area contributed by atoms with Gasteiger partial charge in [-0.3, -0.25) is 9.69 Å². The Hall–Kier alpha value is -0.800. The quantitative estimate of drug-likeness (QED) is 0.779. The normalized spacial score (nSPS) is 20.9. The lowest BCUT2D eigenvalue weighted by atomic mass is 10.1. The summed E-state index contributed by atoms with van der Waals surface area (Å²) in [4.78, 5) is 14.5. The van der Waals surface area contributed by atoms with Gasteiger partial charge in [0.1, 0.15) is 0 Å². The molecule has 1 aliphatic rings. The molecule has 0 N–H and O–H groups in total. The summed E-state index contributed by atoms with van der Waals surface area (Å²) in [6.45, 7) is 6.31. The molecule has 0 radical (unpaired) electrons. The molecule has 0 aromatic heterocycles. The van der Waals surface area contributed by atoms with Gasteiger partial charge in [0.15, 0.2) is 5.78 Å². The smallest absolute Gasteiger partial charge is 0.164 e. The molecule has 1 atom stereocenters. The summed E-state index contributed by atoms with van der Waals surface area (Å²) < 4.78 is 0. The fourth-order valence-corrected chi connectivity index (χ4v) is 3.30. The zero-order valence-electron chi connectivity index (χ0n) is 11.2. The SMILES string of the molecule is Cc1ccc(C(=O)CCN2CCSCC2C)cc1. The van der Waals surface area contributed by atoms with E-state index in [9.17, 15) is 4.79 Å². The molecule has 2 rings (SSSR count). The molecular formula is C15H21NOS. The van der Waals surface area contributed by atoms with Gasteiger partial charge in [0.05, 0.1) is 0 Å². The molecule has 1 aromatic carbocycles. The van der Waals surface area contributed by atoms with E-state index in [2.05, 4.69) is 11.8 Å². The van der Waals surface area contributed by atoms with Crippen LogP contribution in [0.1, 0.15) is 29.3 Å². The molecule has 2 nitrogen and oxygen atoms in total. The second kappa shape index (κ2) is 6.39. The highest BCUT2D eigenvalue weighted by atomic mass is 32.2. The average molecular weight is 263 g/mol. The number of hydrogen-bond donors (Lipinski definition) is 0. The molecule has 98 valence electrons. The first-order valence-corrected chi connectivity index (χ1v) is 7.74. The predicted molar refractivity (Wildman–Crippen MR) is 78.5 cm³/mol. The third-order valence-electron chi connectivity index (χ3n) is 3.50. The van der Waals surface area contributed by atoms with E-state index in [1.54, 1.807) is 0 Å². The summed E-state index contributed by atoms with van der Waals surface area (Å²) >= 11 is 2.01. The molecule has 1 aliphatic heterocycles. The number of carbonyl (C=O) groups is 1. The summed E-state index contributed by atoms with van der Waals surface area (Å²) in [5.74, 6) is 2.65. The van der Waals surface area contributed by atoms with E-state index in [0.717, 1.165) is 18.7 Å². The fourth-order valence-electron chi connectivity index (χ4n) is 2.22. The highest BCUT2D eigenvalue weighted by molar-refractivity contribution is 7.99. The molecular weight excluding hydrogens is 242 g/mol. The van der Waals surface area contributed by atoms with Gasteiger partial charge in [-0.15, -0.1) is 0 Å². The number of thioether (sulfide) groups is 1. The molecule has 0 spiro atoms. The maximum Gasteiger partial charge on any atom is 0.164 e. The van der Waals surface area contributed by atoms with Crippen molar-refractivity contribution in [3.63, 3.8) is 0 Å². The number of aryl methyl sites for hydroxylation is 1. The molecule has 1 unspecified atom stereocenters. The van der Waals surface area contributed by atoms with Crippen LogP contribution < -0.4 is 0 Å². The Balaban J connectivity index is 1.86. The highest BCUT2D eigenvalue weighted by Crippen LogP contribution is 2.16. The van der Waals surface area contributed by atoms with Crippen molar-refractivity contribution in [1.82, 2.24) is 4.90 Å². The Kier molecular flexibility index (Phi) is 4.84. The minimum absolute atomic E-state index is 0.264. The van der Waals surface area contributed by atoms with Gasteiger partial charge in [-0.05, 0) is 13.8 Å². The molecule has 1 fully saturated rings. The molecule has 1 heterocycles. The van der Waals surface area contributed by atoms with E-state index >= 15 is 0 Å². The summed E-state index contributed by atoms with van der Waals surface area (Å²) in [7, 11) is 0. The summed E-state index contributed by atoms with van der Waals surface area (Å²) in [6.07, 6.45) is 0.637. The molecule has 0 amide bonds. The number of rotatable bonds is 4. The van der Waals surface area contributed by atoms with Gasteiger partial charge in [0, 0.05) is 42.6 Å². The van der Waals surface area contributed by atoms with E-state index in [-0.39, 0.29) is 5.78 Å². The van der Waals surface area contributed by atoms with Crippen LogP contribution >= 0.6 is 11.8 Å². The average Bonchev–Trinajstić information content (AvgIpc) is 2.38. The van der Waals surface area contributed by atoms with Crippen LogP contribution in [0.2, 0.25) is 0 Å². The van der Waals surface area contributed by atoms with Crippen molar-refractivity contribution in [2.24, 2.45) is 0 Å². The summed E-state index contributed by atoms with van der Waals surface area (Å²) in [5.41, 5.74) is 2.05. The van der Waals surface area contributed by atoms with E-state index < -0.39 is 0 Å². The molecule has 3 heteroatoms. The summed E-state index contributed by atoms with van der Waals surface area (Å²) in [6, 6.07) is 8.50. The molecule has 0 saturated carbocycles. The summed E-state index contributed by atoms with van der Waals surface area (Å²) in [5, 5.41) is 0. The first-order valence-electron chi connectivity index (χ1n) is 6.58. The number of hydrogen-bond acceptors (Lipinski definition) is 3. The minimum Gasteiger partial charge on any atom is -0.299 e. The van der Waals surface area contributed by atoms with Gasteiger partial charge in [-0.25, -0.2) is 0 Å². The van der Waals surface area contributed by atoms with Crippen molar-refractivity contribution >= 4 is 17.5 Å². The van der Waals surface area contributed by atoms with Gasteiger partial charge in [-0.2, -0.15) is 11.8 Å².